The third-order valence-corrected chi connectivity index (χ3v) is 6.85. The van der Waals surface area contributed by atoms with Crippen molar-refractivity contribution in [3.05, 3.63) is 95.8 Å². The normalized spacial score (nSPS) is 14.3. The number of amides is 2. The highest BCUT2D eigenvalue weighted by Gasteiger charge is 2.28. The van der Waals surface area contributed by atoms with Crippen LogP contribution in [0.2, 0.25) is 0 Å². The van der Waals surface area contributed by atoms with Crippen molar-refractivity contribution in [1.82, 2.24) is 10.0 Å². The van der Waals surface area contributed by atoms with Crippen LogP contribution >= 0.6 is 0 Å². The quantitative estimate of drug-likeness (QED) is 0.436. The lowest BCUT2D eigenvalue weighted by Gasteiger charge is -2.19. The molecule has 34 heavy (non-hydrogen) atoms. The maximum atomic E-state index is 14.1. The van der Waals surface area contributed by atoms with Crippen LogP contribution in [0.3, 0.4) is 0 Å². The summed E-state index contributed by atoms with van der Waals surface area (Å²) in [6.07, 6.45) is 2.01. The molecule has 0 unspecified atom stereocenters. The van der Waals surface area contributed by atoms with Crippen LogP contribution in [0.5, 0.6) is 0 Å². The molecule has 9 heteroatoms. The third-order valence-electron chi connectivity index (χ3n) is 5.35. The summed E-state index contributed by atoms with van der Waals surface area (Å²) in [7, 11) is -4.31. The number of halogens is 1. The second-order valence-electron chi connectivity index (χ2n) is 8.11. The molecule has 1 fully saturated rings. The van der Waals surface area contributed by atoms with Gasteiger partial charge in [0.1, 0.15) is 16.8 Å². The van der Waals surface area contributed by atoms with E-state index < -0.39 is 32.7 Å². The Morgan fingerprint density at radius 3 is 2.21 bits per heavy atom. The molecule has 1 aliphatic rings. The molecule has 1 aliphatic carbocycles. The van der Waals surface area contributed by atoms with Crippen molar-refractivity contribution in [3.63, 3.8) is 0 Å². The molecule has 3 aromatic rings. The average molecular weight is 482 g/mol. The van der Waals surface area contributed by atoms with Gasteiger partial charge in [0.25, 0.3) is 5.91 Å². The molecular weight excluding hydrogens is 457 g/mol. The molecule has 1 saturated carbocycles. The standard InChI is InChI=1S/C25H24FN3O4S/c26-21-8-4-5-9-23(21)34(32,33)29-22(16-17-6-2-1-3-7-17)25(31)28-19-12-10-18(11-13-19)24(30)27-20-14-15-20/h1-13,20,22,29H,14-16H2,(H,27,30)(H,28,31)/t22-/m0/s1. The van der Waals surface area contributed by atoms with Gasteiger partial charge in [-0.15, -0.1) is 0 Å². The highest BCUT2D eigenvalue weighted by molar-refractivity contribution is 7.89. The van der Waals surface area contributed by atoms with Gasteiger partial charge in [-0.25, -0.2) is 12.8 Å². The van der Waals surface area contributed by atoms with E-state index in [2.05, 4.69) is 15.4 Å². The molecule has 2 amide bonds. The Morgan fingerprint density at radius 2 is 1.56 bits per heavy atom. The lowest BCUT2D eigenvalue weighted by atomic mass is 10.1. The molecule has 0 radical (unpaired) electrons. The molecule has 0 spiro atoms. The van der Waals surface area contributed by atoms with Crippen molar-refractivity contribution in [2.45, 2.75) is 36.2 Å². The Kier molecular flexibility index (Phi) is 7.04. The van der Waals surface area contributed by atoms with Crippen LogP contribution in [0, 0.1) is 5.82 Å². The number of rotatable bonds is 9. The van der Waals surface area contributed by atoms with Gasteiger partial charge in [-0.1, -0.05) is 42.5 Å². The molecule has 0 aliphatic heterocycles. The topological polar surface area (TPSA) is 104 Å². The van der Waals surface area contributed by atoms with Gasteiger partial charge >= 0.3 is 0 Å². The van der Waals surface area contributed by atoms with Crippen LogP contribution in [-0.2, 0) is 21.2 Å². The first-order valence-electron chi connectivity index (χ1n) is 10.8. The molecule has 0 bridgehead atoms. The fourth-order valence-corrected chi connectivity index (χ4v) is 4.66. The molecule has 3 aromatic carbocycles. The van der Waals surface area contributed by atoms with Gasteiger partial charge in [0, 0.05) is 17.3 Å². The summed E-state index contributed by atoms with van der Waals surface area (Å²) >= 11 is 0. The highest BCUT2D eigenvalue weighted by atomic mass is 32.2. The first-order chi connectivity index (χ1) is 16.3. The van der Waals surface area contributed by atoms with Crippen molar-refractivity contribution < 1.29 is 22.4 Å². The second kappa shape index (κ2) is 10.1. The summed E-state index contributed by atoms with van der Waals surface area (Å²) in [5.74, 6) is -1.70. The molecule has 0 saturated heterocycles. The molecular formula is C25H24FN3O4S. The van der Waals surface area contributed by atoms with Crippen molar-refractivity contribution in [1.29, 1.82) is 0 Å². The molecule has 0 aromatic heterocycles. The van der Waals surface area contributed by atoms with Crippen LogP contribution in [0.25, 0.3) is 0 Å². The number of hydrogen-bond donors (Lipinski definition) is 3. The van der Waals surface area contributed by atoms with Gasteiger partial charge < -0.3 is 10.6 Å². The fourth-order valence-electron chi connectivity index (χ4n) is 3.38. The van der Waals surface area contributed by atoms with Crippen LogP contribution in [0.4, 0.5) is 10.1 Å². The van der Waals surface area contributed by atoms with Gasteiger partial charge in [-0.3, -0.25) is 9.59 Å². The van der Waals surface area contributed by atoms with E-state index in [0.717, 1.165) is 30.5 Å². The maximum absolute atomic E-state index is 14.1. The van der Waals surface area contributed by atoms with Crippen molar-refractivity contribution >= 4 is 27.5 Å². The van der Waals surface area contributed by atoms with E-state index in [1.807, 2.05) is 6.07 Å². The number of carbonyl (C=O) groups excluding carboxylic acids is 2. The summed E-state index contributed by atoms with van der Waals surface area (Å²) in [4.78, 5) is 24.7. The summed E-state index contributed by atoms with van der Waals surface area (Å²) in [5, 5.41) is 5.57. The van der Waals surface area contributed by atoms with E-state index in [9.17, 15) is 22.4 Å². The number of carbonyl (C=O) groups is 2. The van der Waals surface area contributed by atoms with E-state index in [1.165, 1.54) is 12.1 Å². The zero-order chi connectivity index (χ0) is 24.1. The minimum Gasteiger partial charge on any atom is -0.349 e. The first-order valence-corrected chi connectivity index (χ1v) is 12.3. The number of hydrogen-bond acceptors (Lipinski definition) is 4. The monoisotopic (exact) mass is 481 g/mol. The highest BCUT2D eigenvalue weighted by Crippen LogP contribution is 2.20. The molecule has 7 nitrogen and oxygen atoms in total. The summed E-state index contributed by atoms with van der Waals surface area (Å²) in [5.41, 5.74) is 1.59. The van der Waals surface area contributed by atoms with E-state index >= 15 is 0 Å². The molecule has 3 N–H and O–H groups in total. The first kappa shape index (κ1) is 23.6. The minimum absolute atomic E-state index is 0.0578. The van der Waals surface area contributed by atoms with Crippen LogP contribution in [0.15, 0.2) is 83.8 Å². The van der Waals surface area contributed by atoms with E-state index in [-0.39, 0.29) is 18.4 Å². The average Bonchev–Trinajstić information content (AvgIpc) is 3.64. The third kappa shape index (κ3) is 6.06. The molecule has 4 rings (SSSR count). The fraction of sp³-hybridized carbons (Fsp3) is 0.200. The number of benzene rings is 3. The second-order valence-corrected chi connectivity index (χ2v) is 9.79. The zero-order valence-corrected chi connectivity index (χ0v) is 19.0. The molecule has 1 atom stereocenters. The number of anilines is 1. The summed E-state index contributed by atoms with van der Waals surface area (Å²) < 4.78 is 42.2. The van der Waals surface area contributed by atoms with Gasteiger partial charge in [0.05, 0.1) is 0 Å². The SMILES string of the molecule is O=C(NC1CC1)c1ccc(NC(=O)[C@H](Cc2ccccc2)NS(=O)(=O)c2ccccc2F)cc1. The van der Waals surface area contributed by atoms with Crippen molar-refractivity contribution in [2.24, 2.45) is 0 Å². The van der Waals surface area contributed by atoms with E-state index in [4.69, 9.17) is 0 Å². The number of nitrogens with one attached hydrogen (secondary N) is 3. The lowest BCUT2D eigenvalue weighted by molar-refractivity contribution is -0.117. The van der Waals surface area contributed by atoms with Crippen LogP contribution in [0.1, 0.15) is 28.8 Å². The van der Waals surface area contributed by atoms with Gasteiger partial charge in [0.2, 0.25) is 15.9 Å². The Hall–Kier alpha value is -3.56. The predicted octanol–water partition coefficient (Wildman–Crippen LogP) is 3.25. The zero-order valence-electron chi connectivity index (χ0n) is 18.2. The molecule has 176 valence electrons. The predicted molar refractivity (Wildman–Crippen MR) is 126 cm³/mol. The van der Waals surface area contributed by atoms with Crippen LogP contribution in [-0.4, -0.2) is 32.3 Å². The van der Waals surface area contributed by atoms with Crippen LogP contribution < -0.4 is 15.4 Å². The lowest BCUT2D eigenvalue weighted by Crippen LogP contribution is -2.45. The Morgan fingerprint density at radius 1 is 0.912 bits per heavy atom. The summed E-state index contributed by atoms with van der Waals surface area (Å²) in [6, 6.07) is 19.2. The number of sulfonamides is 1. The maximum Gasteiger partial charge on any atom is 0.251 e. The summed E-state index contributed by atoms with van der Waals surface area (Å²) in [6.45, 7) is 0. The van der Waals surface area contributed by atoms with Gasteiger partial charge in [-0.2, -0.15) is 4.72 Å². The minimum atomic E-state index is -4.31. The van der Waals surface area contributed by atoms with Crippen molar-refractivity contribution in [2.75, 3.05) is 5.32 Å². The van der Waals surface area contributed by atoms with E-state index in [1.54, 1.807) is 48.5 Å². The Balaban J connectivity index is 1.51. The van der Waals surface area contributed by atoms with E-state index in [0.29, 0.717) is 11.3 Å². The van der Waals surface area contributed by atoms with Crippen molar-refractivity contribution in [3.8, 4) is 0 Å². The molecule has 0 heterocycles. The van der Waals surface area contributed by atoms with Gasteiger partial charge in [0.15, 0.2) is 0 Å². The van der Waals surface area contributed by atoms with Gasteiger partial charge in [-0.05, 0) is 61.2 Å². The Labute approximate surface area is 197 Å². The largest absolute Gasteiger partial charge is 0.349 e. The smallest absolute Gasteiger partial charge is 0.251 e. The Bertz CT molecular complexity index is 1280.